The highest BCUT2D eigenvalue weighted by atomic mass is 16.6. The number of carbonyl (C=O) groups is 1. The molecule has 0 saturated carbocycles. The first-order chi connectivity index (χ1) is 9.61. The summed E-state index contributed by atoms with van der Waals surface area (Å²) in [5.41, 5.74) is 2.21. The highest BCUT2D eigenvalue weighted by Gasteiger charge is 2.16. The van der Waals surface area contributed by atoms with Gasteiger partial charge >= 0.3 is 0 Å². The van der Waals surface area contributed by atoms with E-state index in [2.05, 4.69) is 20.7 Å². The Labute approximate surface area is 113 Å². The Hall–Kier alpha value is -3.07. The zero-order valence-corrected chi connectivity index (χ0v) is 10.1. The van der Waals surface area contributed by atoms with Crippen molar-refractivity contribution in [2.75, 3.05) is 10.7 Å². The number of nitro benzene ring substituents is 1. The molecule has 9 nitrogen and oxygen atoms in total. The van der Waals surface area contributed by atoms with E-state index < -0.39 is 10.8 Å². The molecule has 0 bridgehead atoms. The van der Waals surface area contributed by atoms with Crippen LogP contribution in [0.4, 0.5) is 17.2 Å². The van der Waals surface area contributed by atoms with E-state index in [1.165, 1.54) is 36.8 Å². The maximum absolute atomic E-state index is 11.9. The lowest BCUT2D eigenvalue weighted by Gasteiger charge is -2.06. The molecule has 0 atom stereocenters. The Morgan fingerprint density at radius 2 is 2.15 bits per heavy atom. The molecule has 4 N–H and O–H groups in total. The van der Waals surface area contributed by atoms with E-state index in [-0.39, 0.29) is 22.8 Å². The minimum absolute atomic E-state index is 0.0433. The molecule has 1 aromatic carbocycles. The standard InChI is InChI=1S/C11H10N6O3/c12-16-8-5-7(1-2-9(8)17(19)20)11(18)15-10-6-13-3-4-14-10/h1-6,16H,12H2,(H,14,15,18). The molecule has 2 aromatic rings. The summed E-state index contributed by atoms with van der Waals surface area (Å²) in [5, 5.41) is 13.3. The van der Waals surface area contributed by atoms with E-state index >= 15 is 0 Å². The predicted molar refractivity (Wildman–Crippen MR) is 70.9 cm³/mol. The zero-order chi connectivity index (χ0) is 14.5. The number of hydrogen-bond acceptors (Lipinski definition) is 7. The third-order valence-corrected chi connectivity index (χ3v) is 2.42. The number of nitro groups is 1. The molecule has 0 aliphatic carbocycles. The fourth-order valence-electron chi connectivity index (χ4n) is 1.50. The zero-order valence-electron chi connectivity index (χ0n) is 10.1. The van der Waals surface area contributed by atoms with Gasteiger partial charge in [0.2, 0.25) is 0 Å². The third kappa shape index (κ3) is 2.84. The highest BCUT2D eigenvalue weighted by molar-refractivity contribution is 6.04. The van der Waals surface area contributed by atoms with Gasteiger partial charge in [0, 0.05) is 24.0 Å². The van der Waals surface area contributed by atoms with Crippen molar-refractivity contribution in [2.45, 2.75) is 0 Å². The molecule has 20 heavy (non-hydrogen) atoms. The summed E-state index contributed by atoms with van der Waals surface area (Å²) in [7, 11) is 0. The molecular weight excluding hydrogens is 264 g/mol. The van der Waals surface area contributed by atoms with Crippen LogP contribution in [0.1, 0.15) is 10.4 Å². The molecule has 9 heteroatoms. The third-order valence-electron chi connectivity index (χ3n) is 2.42. The molecule has 0 aliphatic rings. The molecule has 1 heterocycles. The largest absolute Gasteiger partial charge is 0.318 e. The lowest BCUT2D eigenvalue weighted by molar-refractivity contribution is -0.384. The number of benzene rings is 1. The minimum atomic E-state index is -0.598. The predicted octanol–water partition coefficient (Wildman–Crippen LogP) is 0.923. The van der Waals surface area contributed by atoms with Gasteiger partial charge in [-0.25, -0.2) is 4.98 Å². The van der Waals surface area contributed by atoms with Crippen molar-refractivity contribution < 1.29 is 9.72 Å². The number of nitrogens with two attached hydrogens (primary N) is 1. The summed E-state index contributed by atoms with van der Waals surface area (Å²) in [5.74, 6) is 5.00. The minimum Gasteiger partial charge on any atom is -0.318 e. The average molecular weight is 274 g/mol. The lowest BCUT2D eigenvalue weighted by atomic mass is 10.1. The van der Waals surface area contributed by atoms with Crippen molar-refractivity contribution in [2.24, 2.45) is 5.84 Å². The van der Waals surface area contributed by atoms with Gasteiger partial charge < -0.3 is 10.7 Å². The molecule has 0 fully saturated rings. The number of aromatic nitrogens is 2. The van der Waals surface area contributed by atoms with Gasteiger partial charge in [-0.1, -0.05) is 0 Å². The molecule has 2 rings (SSSR count). The van der Waals surface area contributed by atoms with Gasteiger partial charge in [0.1, 0.15) is 5.69 Å². The molecule has 1 aromatic heterocycles. The smallest absolute Gasteiger partial charge is 0.293 e. The maximum atomic E-state index is 11.9. The normalized spacial score (nSPS) is 9.85. The van der Waals surface area contributed by atoms with Gasteiger partial charge in [0.05, 0.1) is 11.1 Å². The fraction of sp³-hybridized carbons (Fsp3) is 0. The van der Waals surface area contributed by atoms with Crippen LogP contribution in [0.5, 0.6) is 0 Å². The maximum Gasteiger partial charge on any atom is 0.293 e. The van der Waals surface area contributed by atoms with Gasteiger partial charge in [0.15, 0.2) is 5.82 Å². The van der Waals surface area contributed by atoms with Gasteiger partial charge in [0.25, 0.3) is 11.6 Å². The quantitative estimate of drug-likeness (QED) is 0.428. The van der Waals surface area contributed by atoms with Crippen LogP contribution in [-0.4, -0.2) is 20.8 Å². The molecular formula is C11H10N6O3. The van der Waals surface area contributed by atoms with Crippen molar-refractivity contribution in [3.05, 3.63) is 52.5 Å². The van der Waals surface area contributed by atoms with Crippen LogP contribution < -0.4 is 16.6 Å². The Morgan fingerprint density at radius 3 is 2.75 bits per heavy atom. The van der Waals surface area contributed by atoms with Gasteiger partial charge in [-0.3, -0.25) is 25.7 Å². The number of nitrogens with one attached hydrogen (secondary N) is 2. The first-order valence-corrected chi connectivity index (χ1v) is 5.44. The number of carbonyl (C=O) groups excluding carboxylic acids is 1. The second-order valence-corrected chi connectivity index (χ2v) is 3.68. The van der Waals surface area contributed by atoms with Gasteiger partial charge in [-0.2, -0.15) is 0 Å². The highest BCUT2D eigenvalue weighted by Crippen LogP contribution is 2.24. The monoisotopic (exact) mass is 274 g/mol. The SMILES string of the molecule is NNc1cc(C(=O)Nc2cnccn2)ccc1[N+](=O)[O-]. The van der Waals surface area contributed by atoms with Crippen LogP contribution in [0.15, 0.2) is 36.8 Å². The first-order valence-electron chi connectivity index (χ1n) is 5.44. The van der Waals surface area contributed by atoms with Crippen LogP contribution in [0.25, 0.3) is 0 Å². The number of hydrazine groups is 1. The van der Waals surface area contributed by atoms with Crippen molar-refractivity contribution in [3.63, 3.8) is 0 Å². The van der Waals surface area contributed by atoms with Crippen LogP contribution in [0, 0.1) is 10.1 Å². The van der Waals surface area contributed by atoms with E-state index in [4.69, 9.17) is 5.84 Å². The topological polar surface area (TPSA) is 136 Å². The summed E-state index contributed by atoms with van der Waals surface area (Å²) >= 11 is 0. The molecule has 0 saturated heterocycles. The van der Waals surface area contributed by atoms with Crippen molar-refractivity contribution in [1.29, 1.82) is 0 Å². The molecule has 0 unspecified atom stereocenters. The Balaban J connectivity index is 2.25. The summed E-state index contributed by atoms with van der Waals surface area (Å²) < 4.78 is 0. The van der Waals surface area contributed by atoms with E-state index in [0.29, 0.717) is 0 Å². The van der Waals surface area contributed by atoms with Gasteiger partial charge in [-0.15, -0.1) is 0 Å². The summed E-state index contributed by atoms with van der Waals surface area (Å²) in [4.78, 5) is 29.8. The average Bonchev–Trinajstić information content (AvgIpc) is 2.47. The number of nitrogens with zero attached hydrogens (tertiary/aromatic N) is 3. The van der Waals surface area contributed by atoms with E-state index in [0.717, 1.165) is 0 Å². The summed E-state index contributed by atoms with van der Waals surface area (Å²) in [6.07, 6.45) is 4.28. The molecule has 0 spiro atoms. The van der Waals surface area contributed by atoms with Crippen LogP contribution in [0.2, 0.25) is 0 Å². The van der Waals surface area contributed by atoms with Crippen LogP contribution in [0.3, 0.4) is 0 Å². The number of nitrogen functional groups attached to an aromatic ring is 1. The van der Waals surface area contributed by atoms with Crippen molar-refractivity contribution in [1.82, 2.24) is 9.97 Å². The number of anilines is 2. The second kappa shape index (κ2) is 5.71. The second-order valence-electron chi connectivity index (χ2n) is 3.68. The van der Waals surface area contributed by atoms with E-state index in [1.807, 2.05) is 0 Å². The van der Waals surface area contributed by atoms with Crippen molar-refractivity contribution in [3.8, 4) is 0 Å². The molecule has 0 aliphatic heterocycles. The van der Waals surface area contributed by atoms with Crippen LogP contribution in [-0.2, 0) is 0 Å². The summed E-state index contributed by atoms with van der Waals surface area (Å²) in [6, 6.07) is 3.80. The number of hydrogen-bond donors (Lipinski definition) is 3. The first kappa shape index (κ1) is 13.4. The van der Waals surface area contributed by atoms with Crippen LogP contribution >= 0.6 is 0 Å². The van der Waals surface area contributed by atoms with E-state index in [9.17, 15) is 14.9 Å². The molecule has 102 valence electrons. The number of amides is 1. The van der Waals surface area contributed by atoms with Crippen molar-refractivity contribution >= 4 is 23.1 Å². The fourth-order valence-corrected chi connectivity index (χ4v) is 1.50. The summed E-state index contributed by atoms with van der Waals surface area (Å²) in [6.45, 7) is 0. The molecule has 1 amide bonds. The Bertz CT molecular complexity index is 646. The molecule has 0 radical (unpaired) electrons. The Morgan fingerprint density at radius 1 is 1.35 bits per heavy atom. The Kier molecular flexibility index (Phi) is 3.82. The van der Waals surface area contributed by atoms with Gasteiger partial charge in [-0.05, 0) is 12.1 Å². The number of rotatable bonds is 4. The lowest BCUT2D eigenvalue weighted by Crippen LogP contribution is -2.15. The van der Waals surface area contributed by atoms with E-state index in [1.54, 1.807) is 0 Å².